The number of amides is 3. The maximum atomic E-state index is 12.4. The molecule has 8 N–H and O–H groups in total. The fraction of sp³-hybridized carbons (Fsp3) is 0.647. The first-order valence-corrected chi connectivity index (χ1v) is 9.18. The molecule has 0 rings (SSSR count). The highest BCUT2D eigenvalue weighted by molar-refractivity contribution is 5.93. The number of aliphatic carboxylic acids is 3. The average Bonchev–Trinajstić information content (AvgIpc) is 2.65. The Labute approximate surface area is 172 Å². The molecule has 30 heavy (non-hydrogen) atoms. The normalized spacial score (nSPS) is 14.5. The summed E-state index contributed by atoms with van der Waals surface area (Å²) < 4.78 is 0. The third-order valence-corrected chi connectivity index (χ3v) is 4.23. The van der Waals surface area contributed by atoms with Gasteiger partial charge in [-0.1, -0.05) is 20.3 Å². The van der Waals surface area contributed by atoms with Crippen LogP contribution in [0.25, 0.3) is 0 Å². The van der Waals surface area contributed by atoms with Crippen molar-refractivity contribution in [1.29, 1.82) is 0 Å². The number of hydrogen-bond acceptors (Lipinski definition) is 7. The quantitative estimate of drug-likeness (QED) is 0.158. The molecule has 0 aliphatic carbocycles. The fourth-order valence-electron chi connectivity index (χ4n) is 2.30. The van der Waals surface area contributed by atoms with Gasteiger partial charge in [-0.05, 0) is 12.3 Å². The third-order valence-electron chi connectivity index (χ3n) is 4.23. The minimum atomic E-state index is -1.38. The Morgan fingerprint density at radius 2 is 1.53 bits per heavy atom. The van der Waals surface area contributed by atoms with Crippen LogP contribution in [0.15, 0.2) is 0 Å². The molecule has 0 aromatic carbocycles. The molecule has 13 nitrogen and oxygen atoms in total. The first-order chi connectivity index (χ1) is 13.9. The van der Waals surface area contributed by atoms with Gasteiger partial charge in [0.2, 0.25) is 17.7 Å². The Morgan fingerprint density at radius 3 is 2.00 bits per heavy atom. The monoisotopic (exact) mass is 432 g/mol. The summed E-state index contributed by atoms with van der Waals surface area (Å²) in [6.45, 7) is 2.70. The van der Waals surface area contributed by atoms with E-state index < -0.39 is 79.1 Å². The van der Waals surface area contributed by atoms with E-state index in [0.29, 0.717) is 6.42 Å². The lowest BCUT2D eigenvalue weighted by Crippen LogP contribution is -2.55. The maximum Gasteiger partial charge on any atom is 0.326 e. The second-order valence-electron chi connectivity index (χ2n) is 6.68. The van der Waals surface area contributed by atoms with E-state index in [2.05, 4.69) is 16.0 Å². The van der Waals surface area contributed by atoms with E-state index in [9.17, 15) is 33.9 Å². The summed E-state index contributed by atoms with van der Waals surface area (Å²) in [5, 5.41) is 33.3. The highest BCUT2D eigenvalue weighted by Crippen LogP contribution is 2.09. The molecule has 3 amide bonds. The Balaban J connectivity index is 5.03. The number of rotatable bonds is 14. The fourth-order valence-corrected chi connectivity index (χ4v) is 2.30. The molecule has 13 heteroatoms. The molecule has 4 atom stereocenters. The number of carbonyl (C=O) groups excluding carboxylic acids is 3. The minimum Gasteiger partial charge on any atom is -0.481 e. The summed E-state index contributed by atoms with van der Waals surface area (Å²) in [7, 11) is 0. The number of carboxylic acid groups (broad SMARTS) is 3. The molecule has 0 bridgehead atoms. The minimum absolute atomic E-state index is 0.313. The van der Waals surface area contributed by atoms with Crippen molar-refractivity contribution < 1.29 is 44.1 Å². The van der Waals surface area contributed by atoms with Gasteiger partial charge in [0.1, 0.15) is 12.1 Å². The molecule has 0 aromatic heterocycles. The number of nitrogens with two attached hydrogens (primary N) is 1. The van der Waals surface area contributed by atoms with Gasteiger partial charge in [-0.25, -0.2) is 4.79 Å². The molecular formula is C17H28N4O9. The summed E-state index contributed by atoms with van der Waals surface area (Å²) in [6, 6.07) is -3.97. The van der Waals surface area contributed by atoms with E-state index in [0.717, 1.165) is 0 Å². The van der Waals surface area contributed by atoms with Crippen molar-refractivity contribution in [2.75, 3.05) is 6.54 Å². The Hall–Kier alpha value is -3.22. The predicted molar refractivity (Wildman–Crippen MR) is 101 cm³/mol. The zero-order chi connectivity index (χ0) is 23.4. The van der Waals surface area contributed by atoms with Crippen LogP contribution >= 0.6 is 0 Å². The smallest absolute Gasteiger partial charge is 0.326 e. The van der Waals surface area contributed by atoms with E-state index in [4.69, 9.17) is 15.9 Å². The maximum absolute atomic E-state index is 12.4. The molecule has 0 saturated carbocycles. The van der Waals surface area contributed by atoms with E-state index >= 15 is 0 Å². The molecule has 0 aliphatic heterocycles. The predicted octanol–water partition coefficient (Wildman–Crippen LogP) is -2.13. The van der Waals surface area contributed by atoms with Gasteiger partial charge in [0, 0.05) is 6.42 Å². The van der Waals surface area contributed by atoms with Gasteiger partial charge in [0.25, 0.3) is 0 Å². The largest absolute Gasteiger partial charge is 0.481 e. The Bertz CT molecular complexity index is 668. The van der Waals surface area contributed by atoms with E-state index in [1.54, 1.807) is 13.8 Å². The molecule has 4 unspecified atom stereocenters. The van der Waals surface area contributed by atoms with Crippen molar-refractivity contribution in [2.45, 2.75) is 57.7 Å². The van der Waals surface area contributed by atoms with E-state index in [1.807, 2.05) is 0 Å². The standard InChI is InChI=1S/C17H28N4O9/c1-3-8(2)14(17(29)30)21-16(28)10(4-5-12(23)24)20-11(22)7-19-15(27)9(18)6-13(25)26/h8-10,14H,3-7,18H2,1-2H3,(H,19,27)(H,20,22)(H,21,28)(H,23,24)(H,25,26)(H,29,30). The second-order valence-corrected chi connectivity index (χ2v) is 6.68. The molecule has 0 spiro atoms. The average molecular weight is 432 g/mol. The van der Waals surface area contributed by atoms with Crippen LogP contribution in [0.5, 0.6) is 0 Å². The summed E-state index contributed by atoms with van der Waals surface area (Å²) in [5.74, 6) is -6.88. The molecule has 0 heterocycles. The van der Waals surface area contributed by atoms with Gasteiger partial charge in [-0.15, -0.1) is 0 Å². The first kappa shape index (κ1) is 26.8. The lowest BCUT2D eigenvalue weighted by molar-refractivity contribution is -0.144. The van der Waals surface area contributed by atoms with Crippen LogP contribution in [0.4, 0.5) is 0 Å². The Morgan fingerprint density at radius 1 is 0.933 bits per heavy atom. The summed E-state index contributed by atoms with van der Waals surface area (Å²) in [5.41, 5.74) is 5.35. The van der Waals surface area contributed by atoms with Crippen molar-refractivity contribution >= 4 is 35.6 Å². The van der Waals surface area contributed by atoms with Crippen LogP contribution in [-0.4, -0.2) is 75.6 Å². The number of nitrogens with one attached hydrogen (secondary N) is 3. The molecule has 0 saturated heterocycles. The third kappa shape index (κ3) is 10.4. The Kier molecular flexibility index (Phi) is 11.7. The van der Waals surface area contributed by atoms with Crippen molar-refractivity contribution in [2.24, 2.45) is 11.7 Å². The second kappa shape index (κ2) is 13.1. The van der Waals surface area contributed by atoms with Crippen molar-refractivity contribution in [3.05, 3.63) is 0 Å². The van der Waals surface area contributed by atoms with Crippen LogP contribution < -0.4 is 21.7 Å². The van der Waals surface area contributed by atoms with Crippen LogP contribution in [0.3, 0.4) is 0 Å². The van der Waals surface area contributed by atoms with Crippen LogP contribution in [0.1, 0.15) is 39.5 Å². The van der Waals surface area contributed by atoms with Gasteiger partial charge >= 0.3 is 17.9 Å². The lowest BCUT2D eigenvalue weighted by Gasteiger charge is -2.24. The van der Waals surface area contributed by atoms with Crippen LogP contribution in [-0.2, 0) is 28.8 Å². The number of carboxylic acids is 3. The number of hydrogen-bond donors (Lipinski definition) is 7. The highest BCUT2D eigenvalue weighted by atomic mass is 16.4. The van der Waals surface area contributed by atoms with Crippen molar-refractivity contribution in [3.63, 3.8) is 0 Å². The molecule has 0 fully saturated rings. The summed E-state index contributed by atoms with van der Waals surface area (Å²) >= 11 is 0. The van der Waals surface area contributed by atoms with Gasteiger partial charge in [0.15, 0.2) is 0 Å². The van der Waals surface area contributed by atoms with Gasteiger partial charge in [0.05, 0.1) is 19.0 Å². The lowest BCUT2D eigenvalue weighted by atomic mass is 9.98. The zero-order valence-corrected chi connectivity index (χ0v) is 16.7. The van der Waals surface area contributed by atoms with Gasteiger partial charge in [-0.3, -0.25) is 24.0 Å². The molecule has 0 radical (unpaired) electrons. The highest BCUT2D eigenvalue weighted by Gasteiger charge is 2.30. The number of carbonyl (C=O) groups is 6. The van der Waals surface area contributed by atoms with Gasteiger partial charge in [-0.2, -0.15) is 0 Å². The SMILES string of the molecule is CCC(C)C(NC(=O)C(CCC(=O)O)NC(=O)CNC(=O)C(N)CC(=O)O)C(=O)O. The summed E-state index contributed by atoms with van der Waals surface area (Å²) in [6.07, 6.45) is -0.989. The van der Waals surface area contributed by atoms with E-state index in [-0.39, 0.29) is 6.42 Å². The van der Waals surface area contributed by atoms with Crippen LogP contribution in [0, 0.1) is 5.92 Å². The van der Waals surface area contributed by atoms with E-state index in [1.165, 1.54) is 0 Å². The molecule has 0 aliphatic rings. The zero-order valence-electron chi connectivity index (χ0n) is 16.7. The molecule has 0 aromatic rings. The van der Waals surface area contributed by atoms with Crippen molar-refractivity contribution in [3.8, 4) is 0 Å². The molecular weight excluding hydrogens is 404 g/mol. The first-order valence-electron chi connectivity index (χ1n) is 9.18. The van der Waals surface area contributed by atoms with Crippen LogP contribution in [0.2, 0.25) is 0 Å². The topological polar surface area (TPSA) is 225 Å². The molecule has 170 valence electrons. The van der Waals surface area contributed by atoms with Crippen molar-refractivity contribution in [1.82, 2.24) is 16.0 Å². The summed E-state index contributed by atoms with van der Waals surface area (Å²) in [4.78, 5) is 68.8. The van der Waals surface area contributed by atoms with Gasteiger partial charge < -0.3 is 37.0 Å².